The fourth-order valence-corrected chi connectivity index (χ4v) is 3.95. The van der Waals surface area contributed by atoms with Gasteiger partial charge in [-0.05, 0) is 64.4 Å². The Labute approximate surface area is 176 Å². The highest BCUT2D eigenvalue weighted by atomic mass is 16.3. The van der Waals surface area contributed by atoms with Gasteiger partial charge in [-0.3, -0.25) is 9.78 Å². The number of hydrogen-bond donors (Lipinski definition) is 1. The number of nitrogens with one attached hydrogen (secondary N) is 1. The second-order valence-corrected chi connectivity index (χ2v) is 8.13. The molecule has 0 aliphatic heterocycles. The molecule has 0 fully saturated rings. The largest absolute Gasteiger partial charge is 0.455 e. The Balaban J connectivity index is 1.88. The Morgan fingerprint density at radius 3 is 2.53 bits per heavy atom. The van der Waals surface area contributed by atoms with Gasteiger partial charge < -0.3 is 14.3 Å². The van der Waals surface area contributed by atoms with Crippen molar-refractivity contribution in [3.05, 3.63) is 81.0 Å². The topological polar surface area (TPSA) is 60.1 Å². The Morgan fingerprint density at radius 1 is 1.10 bits per heavy atom. The monoisotopic (exact) mass is 401 g/mol. The van der Waals surface area contributed by atoms with Crippen LogP contribution < -0.4 is 10.7 Å². The van der Waals surface area contributed by atoms with E-state index in [0.717, 1.165) is 33.8 Å². The molecule has 0 aliphatic rings. The summed E-state index contributed by atoms with van der Waals surface area (Å²) in [4.78, 5) is 17.8. The molecule has 0 radical (unpaired) electrons. The van der Waals surface area contributed by atoms with Crippen molar-refractivity contribution in [2.24, 2.45) is 7.05 Å². The molecule has 5 nitrogen and oxygen atoms in total. The van der Waals surface area contributed by atoms with E-state index in [2.05, 4.69) is 23.3 Å². The van der Waals surface area contributed by atoms with E-state index in [1.165, 1.54) is 0 Å². The van der Waals surface area contributed by atoms with Crippen molar-refractivity contribution in [3.63, 3.8) is 0 Å². The van der Waals surface area contributed by atoms with Gasteiger partial charge >= 0.3 is 0 Å². The third-order valence-corrected chi connectivity index (χ3v) is 5.55. The number of rotatable bonds is 4. The second kappa shape index (κ2) is 7.48. The number of pyridine rings is 1. The molecule has 0 spiro atoms. The highest BCUT2D eigenvalue weighted by molar-refractivity contribution is 5.84. The van der Waals surface area contributed by atoms with Gasteiger partial charge in [-0.1, -0.05) is 6.07 Å². The molecule has 1 atom stereocenters. The van der Waals surface area contributed by atoms with Crippen LogP contribution in [0.25, 0.3) is 22.3 Å². The van der Waals surface area contributed by atoms with Crippen LogP contribution in [0, 0.1) is 27.7 Å². The molecule has 0 saturated carbocycles. The quantitative estimate of drug-likeness (QED) is 0.483. The van der Waals surface area contributed by atoms with E-state index in [9.17, 15) is 4.79 Å². The fraction of sp³-hybridized carbons (Fsp3) is 0.280. The lowest BCUT2D eigenvalue weighted by Crippen LogP contribution is -2.13. The maximum Gasteiger partial charge on any atom is 0.196 e. The van der Waals surface area contributed by atoms with Crippen LogP contribution in [0.2, 0.25) is 0 Å². The van der Waals surface area contributed by atoms with Crippen molar-refractivity contribution < 1.29 is 4.42 Å². The zero-order valence-electron chi connectivity index (χ0n) is 18.3. The number of aromatic nitrogens is 2. The first kappa shape index (κ1) is 20.0. The molecule has 0 amide bonds. The maximum absolute atomic E-state index is 13.2. The summed E-state index contributed by atoms with van der Waals surface area (Å²) in [7, 11) is 1.96. The fourth-order valence-electron chi connectivity index (χ4n) is 3.95. The van der Waals surface area contributed by atoms with Gasteiger partial charge in [0.2, 0.25) is 0 Å². The summed E-state index contributed by atoms with van der Waals surface area (Å²) in [5.41, 5.74) is 7.07. The van der Waals surface area contributed by atoms with E-state index in [1.807, 2.05) is 76.0 Å². The standard InChI is InChI=1S/C25H27N3O2/c1-14-11-20(17(4)27-22-8-7-15(2)26-18(22)5)25-21(12-14)23(29)16(3)24(30-25)19-9-10-28(6)13-19/h7-13,17,27H,1-6H3/t17-/m1/s1. The van der Waals surface area contributed by atoms with E-state index < -0.39 is 0 Å². The molecule has 0 aliphatic carbocycles. The summed E-state index contributed by atoms with van der Waals surface area (Å²) in [6, 6.07) is 9.94. The number of benzene rings is 1. The van der Waals surface area contributed by atoms with E-state index >= 15 is 0 Å². The molecule has 0 bridgehead atoms. The van der Waals surface area contributed by atoms with Crippen LogP contribution in [0.1, 0.15) is 41.0 Å². The Bertz CT molecular complexity index is 1310. The lowest BCUT2D eigenvalue weighted by Gasteiger charge is -2.19. The number of anilines is 1. The summed E-state index contributed by atoms with van der Waals surface area (Å²) in [6.07, 6.45) is 3.92. The van der Waals surface area contributed by atoms with Gasteiger partial charge in [0.1, 0.15) is 11.3 Å². The lowest BCUT2D eigenvalue weighted by atomic mass is 9.99. The molecule has 3 heterocycles. The number of aryl methyl sites for hydroxylation is 4. The summed E-state index contributed by atoms with van der Waals surface area (Å²) in [5, 5.41) is 4.16. The lowest BCUT2D eigenvalue weighted by molar-refractivity contribution is 0.605. The molecule has 4 rings (SSSR count). The molecule has 5 heteroatoms. The van der Waals surface area contributed by atoms with E-state index in [4.69, 9.17) is 4.42 Å². The first-order chi connectivity index (χ1) is 14.2. The Kier molecular flexibility index (Phi) is 4.98. The molecular weight excluding hydrogens is 374 g/mol. The number of nitrogens with zero attached hydrogens (tertiary/aromatic N) is 2. The summed E-state index contributed by atoms with van der Waals surface area (Å²) >= 11 is 0. The van der Waals surface area contributed by atoms with E-state index in [1.54, 1.807) is 0 Å². The van der Waals surface area contributed by atoms with Gasteiger partial charge in [-0.25, -0.2) is 0 Å². The zero-order chi connectivity index (χ0) is 21.6. The van der Waals surface area contributed by atoms with Gasteiger partial charge in [0.05, 0.1) is 22.8 Å². The Morgan fingerprint density at radius 2 is 1.87 bits per heavy atom. The third kappa shape index (κ3) is 3.52. The smallest absolute Gasteiger partial charge is 0.196 e. The SMILES string of the molecule is Cc1cc([C@@H](C)Nc2ccc(C)nc2C)c2oc(-c3ccn(C)c3)c(C)c(=O)c2c1. The van der Waals surface area contributed by atoms with Crippen LogP contribution in [-0.2, 0) is 7.05 Å². The molecule has 154 valence electrons. The normalized spacial score (nSPS) is 12.3. The average molecular weight is 402 g/mol. The molecule has 4 aromatic rings. The van der Waals surface area contributed by atoms with Crippen molar-refractivity contribution in [3.8, 4) is 11.3 Å². The molecule has 30 heavy (non-hydrogen) atoms. The summed E-state index contributed by atoms with van der Waals surface area (Å²) in [6.45, 7) is 9.90. The third-order valence-electron chi connectivity index (χ3n) is 5.55. The number of fused-ring (bicyclic) bond motifs is 1. The first-order valence-corrected chi connectivity index (χ1v) is 10.2. The second-order valence-electron chi connectivity index (χ2n) is 8.13. The van der Waals surface area contributed by atoms with Crippen LogP contribution in [-0.4, -0.2) is 9.55 Å². The van der Waals surface area contributed by atoms with E-state index in [0.29, 0.717) is 22.3 Å². The highest BCUT2D eigenvalue weighted by Gasteiger charge is 2.19. The van der Waals surface area contributed by atoms with Crippen molar-refractivity contribution >= 4 is 16.7 Å². The first-order valence-electron chi connectivity index (χ1n) is 10.2. The van der Waals surface area contributed by atoms with Crippen molar-refractivity contribution in [2.75, 3.05) is 5.32 Å². The van der Waals surface area contributed by atoms with Gasteiger partial charge in [-0.2, -0.15) is 0 Å². The molecule has 0 saturated heterocycles. The molecule has 1 N–H and O–H groups in total. The molecular formula is C25H27N3O2. The highest BCUT2D eigenvalue weighted by Crippen LogP contribution is 2.32. The number of hydrogen-bond acceptors (Lipinski definition) is 4. The minimum atomic E-state index is -0.0647. The van der Waals surface area contributed by atoms with Crippen LogP contribution in [0.5, 0.6) is 0 Å². The predicted octanol–water partition coefficient (Wildman–Crippen LogP) is 5.60. The van der Waals surface area contributed by atoms with Gasteiger partial charge in [0.25, 0.3) is 0 Å². The van der Waals surface area contributed by atoms with Crippen LogP contribution in [0.3, 0.4) is 0 Å². The van der Waals surface area contributed by atoms with Crippen LogP contribution in [0.15, 0.2) is 51.9 Å². The summed E-state index contributed by atoms with van der Waals surface area (Å²) < 4.78 is 8.35. The maximum atomic E-state index is 13.2. The van der Waals surface area contributed by atoms with Gasteiger partial charge in [0, 0.05) is 41.8 Å². The molecule has 1 aromatic carbocycles. The predicted molar refractivity (Wildman–Crippen MR) is 122 cm³/mol. The molecule has 3 aromatic heterocycles. The Hall–Kier alpha value is -3.34. The minimum Gasteiger partial charge on any atom is -0.455 e. The molecule has 0 unspecified atom stereocenters. The summed E-state index contributed by atoms with van der Waals surface area (Å²) in [5.74, 6) is 0.624. The minimum absolute atomic E-state index is 0.0143. The average Bonchev–Trinajstić information content (AvgIpc) is 3.12. The van der Waals surface area contributed by atoms with Crippen molar-refractivity contribution in [2.45, 2.75) is 40.7 Å². The zero-order valence-corrected chi connectivity index (χ0v) is 18.3. The van der Waals surface area contributed by atoms with Gasteiger partial charge in [-0.15, -0.1) is 0 Å². The van der Waals surface area contributed by atoms with E-state index in [-0.39, 0.29) is 11.5 Å². The van der Waals surface area contributed by atoms with Crippen LogP contribution in [0.4, 0.5) is 5.69 Å². The van der Waals surface area contributed by atoms with Gasteiger partial charge in [0.15, 0.2) is 5.43 Å². The van der Waals surface area contributed by atoms with Crippen LogP contribution >= 0.6 is 0 Å². The van der Waals surface area contributed by atoms with Crippen molar-refractivity contribution in [1.29, 1.82) is 0 Å². The van der Waals surface area contributed by atoms with Crippen molar-refractivity contribution in [1.82, 2.24) is 9.55 Å².